The minimum Gasteiger partial charge on any atom is -0.380 e. The Bertz CT molecular complexity index is 392. The molecule has 5 heteroatoms. The largest absolute Gasteiger partial charge is 0.380 e. The second kappa shape index (κ2) is 6.94. The van der Waals surface area contributed by atoms with Gasteiger partial charge in [-0.05, 0) is 19.1 Å². The van der Waals surface area contributed by atoms with Gasteiger partial charge < -0.3 is 10.1 Å². The van der Waals surface area contributed by atoms with Crippen molar-refractivity contribution in [3.63, 3.8) is 0 Å². The van der Waals surface area contributed by atoms with Gasteiger partial charge in [0, 0.05) is 25.3 Å². The van der Waals surface area contributed by atoms with Crippen LogP contribution < -0.4 is 5.32 Å². The first kappa shape index (κ1) is 13.6. The van der Waals surface area contributed by atoms with Crippen molar-refractivity contribution in [2.24, 2.45) is 0 Å². The summed E-state index contributed by atoms with van der Waals surface area (Å²) in [5, 5.41) is 11.4. The summed E-state index contributed by atoms with van der Waals surface area (Å²) in [6, 6.07) is 3.76. The van der Waals surface area contributed by atoms with Crippen LogP contribution in [-0.2, 0) is 11.3 Å². The predicted molar refractivity (Wildman–Crippen MR) is 59.3 cm³/mol. The maximum absolute atomic E-state index is 13.4. The van der Waals surface area contributed by atoms with Crippen LogP contribution in [0.15, 0.2) is 12.1 Å². The quantitative estimate of drug-likeness (QED) is 0.773. The molecule has 0 unspecified atom stereocenters. The normalized spacial score (nSPS) is 10.2. The Hall–Kier alpha value is -1.51. The summed E-state index contributed by atoms with van der Waals surface area (Å²) < 4.78 is 31.9. The lowest BCUT2D eigenvalue weighted by molar-refractivity contribution is 0.149. The van der Waals surface area contributed by atoms with Crippen LogP contribution in [0.5, 0.6) is 0 Å². The molecule has 1 aromatic rings. The fourth-order valence-corrected chi connectivity index (χ4v) is 1.34. The Morgan fingerprint density at radius 1 is 1.35 bits per heavy atom. The zero-order chi connectivity index (χ0) is 12.7. The van der Waals surface area contributed by atoms with Gasteiger partial charge in [-0.25, -0.2) is 8.78 Å². The standard InChI is InChI=1S/C12H14F2N2O/c1-2-17-4-3-16-8-10-11(13)5-9(7-15)6-12(10)14/h5-6,16H,2-4,8H2,1H3. The van der Waals surface area contributed by atoms with Crippen molar-refractivity contribution < 1.29 is 13.5 Å². The minimum absolute atomic E-state index is 0.0157. The highest BCUT2D eigenvalue weighted by Gasteiger charge is 2.10. The Balaban J connectivity index is 2.57. The van der Waals surface area contributed by atoms with E-state index in [-0.39, 0.29) is 17.7 Å². The van der Waals surface area contributed by atoms with Crippen LogP contribution in [0.25, 0.3) is 0 Å². The molecule has 0 radical (unpaired) electrons. The van der Waals surface area contributed by atoms with Crippen molar-refractivity contribution in [1.29, 1.82) is 5.26 Å². The molecular weight excluding hydrogens is 226 g/mol. The summed E-state index contributed by atoms with van der Waals surface area (Å²) in [5.74, 6) is -1.41. The van der Waals surface area contributed by atoms with Crippen LogP contribution in [0.2, 0.25) is 0 Å². The van der Waals surface area contributed by atoms with E-state index in [0.717, 1.165) is 12.1 Å². The molecule has 0 bridgehead atoms. The number of nitrogens with one attached hydrogen (secondary N) is 1. The number of benzene rings is 1. The molecule has 0 aromatic heterocycles. The molecule has 0 aliphatic heterocycles. The van der Waals surface area contributed by atoms with Crippen LogP contribution in [0, 0.1) is 23.0 Å². The Morgan fingerprint density at radius 2 is 2.00 bits per heavy atom. The maximum atomic E-state index is 13.4. The van der Waals surface area contributed by atoms with Crippen molar-refractivity contribution in [3.8, 4) is 6.07 Å². The van der Waals surface area contributed by atoms with Crippen LogP contribution in [-0.4, -0.2) is 19.8 Å². The first-order valence-electron chi connectivity index (χ1n) is 5.35. The molecule has 1 aromatic carbocycles. The minimum atomic E-state index is -0.703. The van der Waals surface area contributed by atoms with E-state index in [1.54, 1.807) is 6.07 Å². The van der Waals surface area contributed by atoms with Gasteiger partial charge in [0.25, 0.3) is 0 Å². The molecule has 0 heterocycles. The summed E-state index contributed by atoms with van der Waals surface area (Å²) in [7, 11) is 0. The van der Waals surface area contributed by atoms with E-state index in [1.165, 1.54) is 0 Å². The first-order chi connectivity index (χ1) is 8.19. The number of hydrogen-bond acceptors (Lipinski definition) is 3. The third-order valence-electron chi connectivity index (χ3n) is 2.20. The van der Waals surface area contributed by atoms with Crippen LogP contribution >= 0.6 is 0 Å². The SMILES string of the molecule is CCOCCNCc1c(F)cc(C#N)cc1F. The van der Waals surface area contributed by atoms with Gasteiger partial charge >= 0.3 is 0 Å². The first-order valence-corrected chi connectivity index (χ1v) is 5.35. The van der Waals surface area contributed by atoms with Crippen molar-refractivity contribution >= 4 is 0 Å². The number of ether oxygens (including phenoxy) is 1. The van der Waals surface area contributed by atoms with Gasteiger partial charge in [-0.1, -0.05) is 0 Å². The van der Waals surface area contributed by atoms with Crippen LogP contribution in [0.1, 0.15) is 18.1 Å². The molecule has 0 amide bonds. The third kappa shape index (κ3) is 4.10. The van der Waals surface area contributed by atoms with Crippen molar-refractivity contribution in [2.75, 3.05) is 19.8 Å². The fraction of sp³-hybridized carbons (Fsp3) is 0.417. The second-order valence-corrected chi connectivity index (χ2v) is 3.40. The zero-order valence-corrected chi connectivity index (χ0v) is 9.59. The molecule has 0 saturated carbocycles. The average Bonchev–Trinajstić information content (AvgIpc) is 2.31. The number of nitriles is 1. The molecule has 0 atom stereocenters. The third-order valence-corrected chi connectivity index (χ3v) is 2.20. The summed E-state index contributed by atoms with van der Waals surface area (Å²) in [6.45, 7) is 3.58. The predicted octanol–water partition coefficient (Wildman–Crippen LogP) is 1.96. The highest BCUT2D eigenvalue weighted by molar-refractivity contribution is 5.34. The van der Waals surface area contributed by atoms with E-state index in [4.69, 9.17) is 10.00 Å². The lowest BCUT2D eigenvalue weighted by Crippen LogP contribution is -2.20. The maximum Gasteiger partial charge on any atom is 0.131 e. The highest BCUT2D eigenvalue weighted by Crippen LogP contribution is 2.14. The number of rotatable bonds is 6. The molecule has 0 aliphatic carbocycles. The smallest absolute Gasteiger partial charge is 0.131 e. The lowest BCUT2D eigenvalue weighted by Gasteiger charge is -2.07. The molecule has 0 saturated heterocycles. The van der Waals surface area contributed by atoms with Gasteiger partial charge in [0.2, 0.25) is 0 Å². The summed E-state index contributed by atoms with van der Waals surface area (Å²) in [6.07, 6.45) is 0. The lowest BCUT2D eigenvalue weighted by atomic mass is 10.1. The zero-order valence-electron chi connectivity index (χ0n) is 9.59. The molecule has 0 spiro atoms. The molecule has 0 aliphatic rings. The van der Waals surface area contributed by atoms with E-state index in [1.807, 2.05) is 6.92 Å². The van der Waals surface area contributed by atoms with E-state index in [9.17, 15) is 8.78 Å². The number of nitrogens with zero attached hydrogens (tertiary/aromatic N) is 1. The molecule has 0 fully saturated rings. The van der Waals surface area contributed by atoms with E-state index in [2.05, 4.69) is 5.32 Å². The highest BCUT2D eigenvalue weighted by atomic mass is 19.1. The Labute approximate surface area is 99.0 Å². The van der Waals surface area contributed by atoms with Gasteiger partial charge in [0.05, 0.1) is 18.2 Å². The molecule has 1 rings (SSSR count). The van der Waals surface area contributed by atoms with E-state index in [0.29, 0.717) is 19.8 Å². The summed E-state index contributed by atoms with van der Waals surface area (Å²) >= 11 is 0. The number of halogens is 2. The average molecular weight is 240 g/mol. The molecule has 92 valence electrons. The fourth-order valence-electron chi connectivity index (χ4n) is 1.34. The monoisotopic (exact) mass is 240 g/mol. The summed E-state index contributed by atoms with van der Waals surface area (Å²) in [4.78, 5) is 0. The topological polar surface area (TPSA) is 45.0 Å². The molecule has 17 heavy (non-hydrogen) atoms. The van der Waals surface area contributed by atoms with Gasteiger partial charge in [0.1, 0.15) is 11.6 Å². The van der Waals surface area contributed by atoms with Crippen LogP contribution in [0.4, 0.5) is 8.78 Å². The molecular formula is C12H14F2N2O. The Kier molecular flexibility index (Phi) is 5.53. The van der Waals surface area contributed by atoms with Gasteiger partial charge in [0.15, 0.2) is 0 Å². The summed E-state index contributed by atoms with van der Waals surface area (Å²) in [5.41, 5.74) is -0.0708. The van der Waals surface area contributed by atoms with Gasteiger partial charge in [-0.3, -0.25) is 0 Å². The van der Waals surface area contributed by atoms with Gasteiger partial charge in [-0.2, -0.15) is 5.26 Å². The molecule has 1 N–H and O–H groups in total. The molecule has 3 nitrogen and oxygen atoms in total. The van der Waals surface area contributed by atoms with Crippen molar-refractivity contribution in [2.45, 2.75) is 13.5 Å². The van der Waals surface area contributed by atoms with Gasteiger partial charge in [-0.15, -0.1) is 0 Å². The second-order valence-electron chi connectivity index (χ2n) is 3.40. The van der Waals surface area contributed by atoms with Crippen molar-refractivity contribution in [3.05, 3.63) is 34.9 Å². The Morgan fingerprint density at radius 3 is 2.53 bits per heavy atom. The van der Waals surface area contributed by atoms with Crippen LogP contribution in [0.3, 0.4) is 0 Å². The van der Waals surface area contributed by atoms with E-state index >= 15 is 0 Å². The van der Waals surface area contributed by atoms with E-state index < -0.39 is 11.6 Å². The van der Waals surface area contributed by atoms with Crippen molar-refractivity contribution in [1.82, 2.24) is 5.32 Å². The number of hydrogen-bond donors (Lipinski definition) is 1.